The summed E-state index contributed by atoms with van der Waals surface area (Å²) >= 11 is 0. The van der Waals surface area contributed by atoms with Crippen LogP contribution in [0.15, 0.2) is 78.0 Å². The number of benzene rings is 2. The van der Waals surface area contributed by atoms with Crippen LogP contribution in [0.4, 0.5) is 0 Å². The Kier molecular flexibility index (Phi) is 4.53. The van der Waals surface area contributed by atoms with Crippen LogP contribution in [0.2, 0.25) is 0 Å². The lowest BCUT2D eigenvalue weighted by Crippen LogP contribution is -2.21. The normalized spacial score (nSPS) is 17.3. The van der Waals surface area contributed by atoms with Gasteiger partial charge in [-0.2, -0.15) is 0 Å². The highest BCUT2D eigenvalue weighted by molar-refractivity contribution is 6.15. The van der Waals surface area contributed by atoms with Gasteiger partial charge >= 0.3 is 5.97 Å². The number of pyridine rings is 2. The van der Waals surface area contributed by atoms with Crippen molar-refractivity contribution >= 4 is 22.6 Å². The number of rotatable bonds is 3. The molecule has 156 valence electrons. The average molecular weight is 419 g/mol. The number of carbonyl (C=O) groups excluding carboxylic acids is 1. The van der Waals surface area contributed by atoms with Gasteiger partial charge < -0.3 is 4.74 Å². The Bertz CT molecular complexity index is 1380. The van der Waals surface area contributed by atoms with Crippen LogP contribution < -0.4 is 0 Å². The molecular formula is C27H21N3O2. The number of ether oxygens (including phenoxy) is 1. The van der Waals surface area contributed by atoms with Crippen molar-refractivity contribution < 1.29 is 9.53 Å². The number of cyclic esters (lactones) is 1. The van der Waals surface area contributed by atoms with Crippen LogP contribution in [0.5, 0.6) is 0 Å². The van der Waals surface area contributed by atoms with Crippen molar-refractivity contribution in [3.63, 3.8) is 0 Å². The number of fused-ring (bicyclic) bond motifs is 3. The third-order valence-corrected chi connectivity index (χ3v) is 6.22. The minimum absolute atomic E-state index is 0.178. The molecule has 2 aliphatic rings. The molecule has 5 heteroatoms. The summed E-state index contributed by atoms with van der Waals surface area (Å²) in [4.78, 5) is 26.2. The first-order valence-corrected chi connectivity index (χ1v) is 10.9. The fourth-order valence-corrected chi connectivity index (χ4v) is 4.69. The summed E-state index contributed by atoms with van der Waals surface area (Å²) in [6, 6.07) is 20.5. The Morgan fingerprint density at radius 2 is 1.81 bits per heavy atom. The van der Waals surface area contributed by atoms with E-state index in [1.807, 2.05) is 36.4 Å². The maximum atomic E-state index is 12.6. The van der Waals surface area contributed by atoms with E-state index >= 15 is 0 Å². The smallest absolute Gasteiger partial charge is 0.310 e. The first-order chi connectivity index (χ1) is 15.7. The maximum Gasteiger partial charge on any atom is 0.310 e. The van der Waals surface area contributed by atoms with E-state index in [4.69, 9.17) is 14.7 Å². The minimum atomic E-state index is -0.238. The van der Waals surface area contributed by atoms with Crippen LogP contribution in [0.3, 0.4) is 0 Å². The molecule has 0 aliphatic carbocycles. The van der Waals surface area contributed by atoms with Crippen molar-refractivity contribution in [2.24, 2.45) is 4.99 Å². The van der Waals surface area contributed by atoms with Gasteiger partial charge in [0.2, 0.25) is 0 Å². The molecule has 2 aromatic heterocycles. The molecule has 0 amide bonds. The number of aromatic nitrogens is 2. The van der Waals surface area contributed by atoms with Crippen LogP contribution in [0.1, 0.15) is 33.5 Å². The van der Waals surface area contributed by atoms with Gasteiger partial charge in [-0.05, 0) is 47.0 Å². The lowest BCUT2D eigenvalue weighted by atomic mass is 9.91. The zero-order valence-electron chi connectivity index (χ0n) is 17.5. The van der Waals surface area contributed by atoms with Gasteiger partial charge in [0.05, 0.1) is 24.2 Å². The monoisotopic (exact) mass is 419 g/mol. The van der Waals surface area contributed by atoms with Crippen molar-refractivity contribution in [1.29, 1.82) is 0 Å². The molecule has 0 saturated heterocycles. The Hall–Kier alpha value is -3.86. The number of hydrogen-bond acceptors (Lipinski definition) is 5. The second-order valence-electron chi connectivity index (χ2n) is 8.37. The number of hydrogen-bond donors (Lipinski definition) is 0. The van der Waals surface area contributed by atoms with E-state index in [9.17, 15) is 4.79 Å². The number of nitrogens with zero attached hydrogens (tertiary/aromatic N) is 3. The molecule has 1 unspecified atom stereocenters. The molecule has 5 nitrogen and oxygen atoms in total. The van der Waals surface area contributed by atoms with Gasteiger partial charge in [0.1, 0.15) is 6.10 Å². The highest BCUT2D eigenvalue weighted by Crippen LogP contribution is 2.30. The van der Waals surface area contributed by atoms with Gasteiger partial charge in [-0.15, -0.1) is 0 Å². The fourth-order valence-electron chi connectivity index (χ4n) is 4.69. The molecule has 0 N–H and O–H groups in total. The van der Waals surface area contributed by atoms with Gasteiger partial charge in [0, 0.05) is 47.4 Å². The average Bonchev–Trinajstić information content (AvgIpc) is 3.15. The molecule has 0 fully saturated rings. The van der Waals surface area contributed by atoms with Crippen molar-refractivity contribution in [2.45, 2.75) is 31.9 Å². The van der Waals surface area contributed by atoms with Crippen LogP contribution >= 0.6 is 0 Å². The summed E-state index contributed by atoms with van der Waals surface area (Å²) in [6.45, 7) is 0.639. The van der Waals surface area contributed by atoms with Gasteiger partial charge in [0.15, 0.2) is 0 Å². The maximum absolute atomic E-state index is 12.6. The Morgan fingerprint density at radius 3 is 2.72 bits per heavy atom. The largest absolute Gasteiger partial charge is 0.461 e. The molecule has 4 heterocycles. The van der Waals surface area contributed by atoms with Crippen LogP contribution in [-0.2, 0) is 35.3 Å². The first-order valence-electron chi connectivity index (χ1n) is 10.9. The number of aliphatic imine (C=N–C) groups is 1. The SMILES string of the molecule is O=C1Cc2cc3c(cc2CC(Cc2ccc4ccccc4n2)O1)C(c1ccncc1)=NC3. The third-order valence-electron chi connectivity index (χ3n) is 6.22. The van der Waals surface area contributed by atoms with E-state index in [0.29, 0.717) is 25.8 Å². The van der Waals surface area contributed by atoms with E-state index < -0.39 is 0 Å². The zero-order chi connectivity index (χ0) is 21.5. The molecule has 4 aromatic rings. The van der Waals surface area contributed by atoms with Gasteiger partial charge in [0.25, 0.3) is 0 Å². The summed E-state index contributed by atoms with van der Waals surface area (Å²) in [5.74, 6) is -0.178. The Balaban J connectivity index is 1.32. The summed E-state index contributed by atoms with van der Waals surface area (Å²) < 4.78 is 5.84. The fraction of sp³-hybridized carbons (Fsp3) is 0.185. The van der Waals surface area contributed by atoms with E-state index in [1.165, 1.54) is 0 Å². The van der Waals surface area contributed by atoms with Gasteiger partial charge in [-0.25, -0.2) is 0 Å². The molecule has 2 aromatic carbocycles. The van der Waals surface area contributed by atoms with E-state index in [2.05, 4.69) is 29.2 Å². The quantitative estimate of drug-likeness (QED) is 0.466. The van der Waals surface area contributed by atoms with Crippen LogP contribution in [0, 0.1) is 0 Å². The lowest BCUT2D eigenvalue weighted by Gasteiger charge is -2.16. The molecule has 0 spiro atoms. The molecule has 2 aliphatic heterocycles. The van der Waals surface area contributed by atoms with Gasteiger partial charge in [-0.1, -0.05) is 30.3 Å². The number of para-hydroxylation sites is 1. The summed E-state index contributed by atoms with van der Waals surface area (Å²) in [5.41, 5.74) is 8.47. The zero-order valence-corrected chi connectivity index (χ0v) is 17.5. The molecule has 0 bridgehead atoms. The third kappa shape index (κ3) is 3.46. The second kappa shape index (κ2) is 7.68. The van der Waals surface area contributed by atoms with Crippen LogP contribution in [-0.4, -0.2) is 27.8 Å². The Labute approximate surface area is 185 Å². The van der Waals surface area contributed by atoms with E-state index in [1.54, 1.807) is 12.4 Å². The summed E-state index contributed by atoms with van der Waals surface area (Å²) in [6.07, 6.45) is 4.91. The van der Waals surface area contributed by atoms with Crippen molar-refractivity contribution in [3.8, 4) is 0 Å². The topological polar surface area (TPSA) is 64.4 Å². The summed E-state index contributed by atoms with van der Waals surface area (Å²) in [7, 11) is 0. The number of carbonyl (C=O) groups is 1. The molecule has 6 rings (SSSR count). The molecule has 32 heavy (non-hydrogen) atoms. The standard InChI is InChI=1S/C27H21N3O2/c31-26-14-19-11-21-16-29-27(18-7-9-28-10-8-18)24(21)13-20(19)12-23(32-26)15-22-6-5-17-3-1-2-4-25(17)30-22/h1-11,13,23H,12,14-16H2. The summed E-state index contributed by atoms with van der Waals surface area (Å²) in [5, 5.41) is 1.11. The predicted octanol–water partition coefficient (Wildman–Crippen LogP) is 4.23. The molecular weight excluding hydrogens is 398 g/mol. The molecule has 1 atom stereocenters. The molecule has 0 saturated carbocycles. The van der Waals surface area contributed by atoms with E-state index in [0.717, 1.165) is 50.1 Å². The Morgan fingerprint density at radius 1 is 0.938 bits per heavy atom. The predicted molar refractivity (Wildman–Crippen MR) is 123 cm³/mol. The number of esters is 1. The van der Waals surface area contributed by atoms with Crippen molar-refractivity contribution in [1.82, 2.24) is 9.97 Å². The highest BCUT2D eigenvalue weighted by Gasteiger charge is 2.27. The van der Waals surface area contributed by atoms with Crippen molar-refractivity contribution in [3.05, 3.63) is 107 Å². The lowest BCUT2D eigenvalue weighted by molar-refractivity contribution is -0.147. The highest BCUT2D eigenvalue weighted by atomic mass is 16.5. The van der Waals surface area contributed by atoms with Crippen LogP contribution in [0.25, 0.3) is 10.9 Å². The first kappa shape index (κ1) is 18.9. The second-order valence-corrected chi connectivity index (χ2v) is 8.37. The minimum Gasteiger partial charge on any atom is -0.461 e. The molecule has 0 radical (unpaired) electrons. The van der Waals surface area contributed by atoms with E-state index in [-0.39, 0.29) is 12.1 Å². The van der Waals surface area contributed by atoms with Crippen molar-refractivity contribution in [2.75, 3.05) is 0 Å². The van der Waals surface area contributed by atoms with Gasteiger partial charge in [-0.3, -0.25) is 19.8 Å².